The molecule has 0 atom stereocenters. The van der Waals surface area contributed by atoms with Crippen LogP contribution >= 0.6 is 11.8 Å². The highest BCUT2D eigenvalue weighted by Gasteiger charge is 2.35. The predicted octanol–water partition coefficient (Wildman–Crippen LogP) is 3.39. The van der Waals surface area contributed by atoms with E-state index < -0.39 is 5.82 Å². The van der Waals surface area contributed by atoms with Crippen LogP contribution in [0.1, 0.15) is 24.8 Å². The van der Waals surface area contributed by atoms with Gasteiger partial charge in [-0.3, -0.25) is 0 Å². The van der Waals surface area contributed by atoms with Gasteiger partial charge in [0.15, 0.2) is 0 Å². The number of halogens is 1. The van der Waals surface area contributed by atoms with Gasteiger partial charge in [-0.1, -0.05) is 6.42 Å². The SMILES string of the molecule is CSC1(CNc2ccc(C#N)c(F)c2)CCC1. The second kappa shape index (κ2) is 4.97. The van der Waals surface area contributed by atoms with Crippen LogP contribution in [0.3, 0.4) is 0 Å². The largest absolute Gasteiger partial charge is 0.384 e. The second-order valence-electron chi connectivity index (χ2n) is 4.40. The maximum absolute atomic E-state index is 13.4. The average Bonchev–Trinajstić information content (AvgIpc) is 2.28. The van der Waals surface area contributed by atoms with Crippen molar-refractivity contribution in [3.05, 3.63) is 29.6 Å². The smallest absolute Gasteiger partial charge is 0.143 e. The average molecular weight is 250 g/mol. The molecule has 0 spiro atoms. The Kier molecular flexibility index (Phi) is 3.58. The molecule has 0 aliphatic heterocycles. The Morgan fingerprint density at radius 3 is 2.76 bits per heavy atom. The van der Waals surface area contributed by atoms with Gasteiger partial charge in [-0.25, -0.2) is 4.39 Å². The third-order valence-corrected chi connectivity index (χ3v) is 4.82. The van der Waals surface area contributed by atoms with Gasteiger partial charge in [0.1, 0.15) is 11.9 Å². The molecule has 1 aromatic carbocycles. The van der Waals surface area contributed by atoms with E-state index in [1.807, 2.05) is 17.8 Å². The first-order valence-corrected chi connectivity index (χ1v) is 6.90. The molecule has 90 valence electrons. The lowest BCUT2D eigenvalue weighted by Gasteiger charge is -2.40. The Morgan fingerprint density at radius 2 is 2.29 bits per heavy atom. The Morgan fingerprint density at radius 1 is 1.53 bits per heavy atom. The molecule has 0 radical (unpaired) electrons. The van der Waals surface area contributed by atoms with Crippen LogP contribution in [0.4, 0.5) is 10.1 Å². The predicted molar refractivity (Wildman–Crippen MR) is 69.7 cm³/mol. The molecule has 1 aliphatic rings. The molecular formula is C13H15FN2S. The van der Waals surface area contributed by atoms with Crippen molar-refractivity contribution in [2.45, 2.75) is 24.0 Å². The van der Waals surface area contributed by atoms with E-state index in [1.165, 1.54) is 31.4 Å². The maximum atomic E-state index is 13.4. The Balaban J connectivity index is 2.00. The highest BCUT2D eigenvalue weighted by Crippen LogP contribution is 2.42. The van der Waals surface area contributed by atoms with Gasteiger partial charge < -0.3 is 5.32 Å². The Hall–Kier alpha value is -1.21. The number of hydrogen-bond donors (Lipinski definition) is 1. The van der Waals surface area contributed by atoms with E-state index in [0.29, 0.717) is 4.75 Å². The molecule has 1 N–H and O–H groups in total. The van der Waals surface area contributed by atoms with E-state index >= 15 is 0 Å². The normalized spacial score (nSPS) is 17.0. The summed E-state index contributed by atoms with van der Waals surface area (Å²) in [5.41, 5.74) is 0.848. The molecule has 1 aromatic rings. The minimum Gasteiger partial charge on any atom is -0.384 e. The van der Waals surface area contributed by atoms with Crippen LogP contribution in [0, 0.1) is 17.1 Å². The third kappa shape index (κ3) is 2.55. The van der Waals surface area contributed by atoms with Gasteiger partial charge in [-0.2, -0.15) is 17.0 Å². The zero-order valence-corrected chi connectivity index (χ0v) is 10.6. The summed E-state index contributed by atoms with van der Waals surface area (Å²) >= 11 is 1.88. The first kappa shape index (κ1) is 12.3. The fourth-order valence-corrected chi connectivity index (χ4v) is 2.92. The van der Waals surface area contributed by atoms with Crippen molar-refractivity contribution in [3.8, 4) is 6.07 Å². The van der Waals surface area contributed by atoms with Crippen molar-refractivity contribution in [2.24, 2.45) is 0 Å². The van der Waals surface area contributed by atoms with Gasteiger partial charge in [0.25, 0.3) is 0 Å². The molecule has 0 amide bonds. The van der Waals surface area contributed by atoms with E-state index in [9.17, 15) is 4.39 Å². The van der Waals surface area contributed by atoms with Crippen molar-refractivity contribution >= 4 is 17.4 Å². The summed E-state index contributed by atoms with van der Waals surface area (Å²) in [6.07, 6.45) is 5.85. The van der Waals surface area contributed by atoms with Crippen molar-refractivity contribution < 1.29 is 4.39 Å². The number of nitrogens with one attached hydrogen (secondary N) is 1. The first-order valence-electron chi connectivity index (χ1n) is 5.68. The lowest BCUT2D eigenvalue weighted by molar-refractivity contribution is 0.380. The van der Waals surface area contributed by atoms with E-state index in [4.69, 9.17) is 5.26 Å². The zero-order chi connectivity index (χ0) is 12.3. The minimum absolute atomic E-state index is 0.0961. The van der Waals surface area contributed by atoms with E-state index in [0.717, 1.165) is 12.2 Å². The molecule has 0 unspecified atom stereocenters. The molecule has 2 nitrogen and oxygen atoms in total. The van der Waals surface area contributed by atoms with Crippen molar-refractivity contribution in [1.29, 1.82) is 5.26 Å². The minimum atomic E-state index is -0.454. The molecule has 0 saturated heterocycles. The monoisotopic (exact) mass is 250 g/mol. The van der Waals surface area contributed by atoms with Crippen LogP contribution in [0.5, 0.6) is 0 Å². The standard InChI is InChI=1S/C13H15FN2S/c1-17-13(5-2-6-13)9-16-11-4-3-10(8-15)12(14)7-11/h3-4,7,16H,2,5-6,9H2,1H3. The summed E-state index contributed by atoms with van der Waals surface area (Å²) in [6.45, 7) is 0.861. The fraction of sp³-hybridized carbons (Fsp3) is 0.462. The maximum Gasteiger partial charge on any atom is 0.143 e. The van der Waals surface area contributed by atoms with Gasteiger partial charge in [0.2, 0.25) is 0 Å². The van der Waals surface area contributed by atoms with Crippen LogP contribution < -0.4 is 5.32 Å². The lowest BCUT2D eigenvalue weighted by Crippen LogP contribution is -2.40. The van der Waals surface area contributed by atoms with Gasteiger partial charge >= 0.3 is 0 Å². The van der Waals surface area contributed by atoms with Crippen molar-refractivity contribution in [2.75, 3.05) is 18.1 Å². The van der Waals surface area contributed by atoms with Crippen LogP contribution in [0.2, 0.25) is 0 Å². The number of nitrogens with zero attached hydrogens (tertiary/aromatic N) is 1. The highest BCUT2D eigenvalue weighted by atomic mass is 32.2. The molecule has 1 aliphatic carbocycles. The van der Waals surface area contributed by atoms with E-state index in [1.54, 1.807) is 6.07 Å². The summed E-state index contributed by atoms with van der Waals surface area (Å²) in [5, 5.41) is 11.9. The summed E-state index contributed by atoms with van der Waals surface area (Å²) in [6, 6.07) is 6.49. The summed E-state index contributed by atoms with van der Waals surface area (Å²) in [5.74, 6) is -0.454. The first-order chi connectivity index (χ1) is 8.19. The molecule has 17 heavy (non-hydrogen) atoms. The number of thioether (sulfide) groups is 1. The number of hydrogen-bond acceptors (Lipinski definition) is 3. The molecule has 0 bridgehead atoms. The summed E-state index contributed by atoms with van der Waals surface area (Å²) < 4.78 is 13.7. The van der Waals surface area contributed by atoms with Crippen LogP contribution in [-0.4, -0.2) is 17.5 Å². The molecule has 0 heterocycles. The Labute approximate surface area is 105 Å². The zero-order valence-electron chi connectivity index (χ0n) is 9.79. The molecule has 0 aromatic heterocycles. The number of rotatable bonds is 4. The quantitative estimate of drug-likeness (QED) is 0.889. The summed E-state index contributed by atoms with van der Waals surface area (Å²) in [4.78, 5) is 0. The number of benzene rings is 1. The van der Waals surface area contributed by atoms with E-state index in [-0.39, 0.29) is 5.56 Å². The van der Waals surface area contributed by atoms with Crippen LogP contribution in [0.25, 0.3) is 0 Å². The molecule has 4 heteroatoms. The van der Waals surface area contributed by atoms with Gasteiger partial charge in [0, 0.05) is 17.0 Å². The van der Waals surface area contributed by atoms with Crippen LogP contribution in [-0.2, 0) is 0 Å². The van der Waals surface area contributed by atoms with Crippen molar-refractivity contribution in [1.82, 2.24) is 0 Å². The van der Waals surface area contributed by atoms with Gasteiger partial charge in [0.05, 0.1) is 5.56 Å². The lowest BCUT2D eigenvalue weighted by atomic mass is 9.84. The molecule has 1 fully saturated rings. The van der Waals surface area contributed by atoms with Crippen LogP contribution in [0.15, 0.2) is 18.2 Å². The Bertz CT molecular complexity index is 444. The van der Waals surface area contributed by atoms with Gasteiger partial charge in [-0.15, -0.1) is 0 Å². The second-order valence-corrected chi connectivity index (χ2v) is 5.67. The fourth-order valence-electron chi connectivity index (χ4n) is 2.00. The highest BCUT2D eigenvalue weighted by molar-refractivity contribution is 8.00. The molecule has 2 rings (SSSR count). The van der Waals surface area contributed by atoms with Gasteiger partial charge in [-0.05, 0) is 37.3 Å². The number of anilines is 1. The molecular weight excluding hydrogens is 235 g/mol. The van der Waals surface area contributed by atoms with E-state index in [2.05, 4.69) is 11.6 Å². The molecule has 1 saturated carbocycles. The van der Waals surface area contributed by atoms with Crippen molar-refractivity contribution in [3.63, 3.8) is 0 Å². The summed E-state index contributed by atoms with van der Waals surface area (Å²) in [7, 11) is 0. The topological polar surface area (TPSA) is 35.8 Å². The number of nitriles is 1. The third-order valence-electron chi connectivity index (χ3n) is 3.40.